The van der Waals surface area contributed by atoms with E-state index in [-0.39, 0.29) is 39.1 Å². The first kappa shape index (κ1) is 30.8. The fourth-order valence-corrected chi connectivity index (χ4v) is 6.94. The summed E-state index contributed by atoms with van der Waals surface area (Å²) in [6, 6.07) is 16.8. The molecule has 1 atom stereocenters. The molecule has 4 rings (SSSR count). The molecular weight excluding hydrogens is 588 g/mol. The van der Waals surface area contributed by atoms with Crippen LogP contribution >= 0.6 is 23.2 Å². The number of benzene rings is 3. The van der Waals surface area contributed by atoms with Crippen molar-refractivity contribution in [3.63, 3.8) is 0 Å². The van der Waals surface area contributed by atoms with Crippen LogP contribution in [0.15, 0.2) is 77.7 Å². The number of halogens is 3. The van der Waals surface area contributed by atoms with E-state index in [1.165, 1.54) is 59.5 Å². The summed E-state index contributed by atoms with van der Waals surface area (Å²) in [6.07, 6.45) is 4.07. The van der Waals surface area contributed by atoms with Crippen LogP contribution in [0.4, 0.5) is 10.1 Å². The van der Waals surface area contributed by atoms with Crippen molar-refractivity contribution < 1.29 is 22.4 Å². The van der Waals surface area contributed by atoms with E-state index in [2.05, 4.69) is 5.32 Å². The molecule has 1 fully saturated rings. The minimum absolute atomic E-state index is 0.0226. The van der Waals surface area contributed by atoms with Crippen LogP contribution in [0.1, 0.15) is 44.6 Å². The Bertz CT molecular complexity index is 1450. The van der Waals surface area contributed by atoms with Crippen LogP contribution in [0.5, 0.6) is 0 Å². The average molecular weight is 621 g/mol. The standard InChI is InChI=1S/C30H32Cl2FN3O4S/c1-2-28(30(38)34-25-8-6-7-9-25)35(19-21-12-14-24(33)15-13-21)29(37)20-36(26-17-22(31)16-23(32)18-26)41(39,40)27-10-4-3-5-11-27/h3-5,10-18,25,28H,2,6-9,19-20H2,1H3,(H,34,38). The Morgan fingerprint density at radius 2 is 1.59 bits per heavy atom. The molecule has 218 valence electrons. The van der Waals surface area contributed by atoms with E-state index in [1.54, 1.807) is 25.1 Å². The number of rotatable bonds is 11. The highest BCUT2D eigenvalue weighted by molar-refractivity contribution is 7.92. The maximum atomic E-state index is 14.1. The molecule has 1 aliphatic rings. The zero-order chi connectivity index (χ0) is 29.6. The number of amides is 2. The summed E-state index contributed by atoms with van der Waals surface area (Å²) in [5, 5.41) is 3.44. The van der Waals surface area contributed by atoms with Crippen molar-refractivity contribution in [1.29, 1.82) is 0 Å². The van der Waals surface area contributed by atoms with E-state index in [9.17, 15) is 22.4 Å². The van der Waals surface area contributed by atoms with Gasteiger partial charge in [-0.25, -0.2) is 12.8 Å². The van der Waals surface area contributed by atoms with Gasteiger partial charge in [0.2, 0.25) is 11.8 Å². The fourth-order valence-electron chi connectivity index (χ4n) is 5.01. The molecule has 3 aromatic carbocycles. The summed E-state index contributed by atoms with van der Waals surface area (Å²) in [4.78, 5) is 28.9. The van der Waals surface area contributed by atoms with Crippen molar-refractivity contribution in [3.8, 4) is 0 Å². The van der Waals surface area contributed by atoms with Crippen molar-refractivity contribution in [2.75, 3.05) is 10.8 Å². The molecule has 1 unspecified atom stereocenters. The molecule has 1 saturated carbocycles. The van der Waals surface area contributed by atoms with Crippen molar-refractivity contribution in [1.82, 2.24) is 10.2 Å². The molecule has 0 saturated heterocycles. The Morgan fingerprint density at radius 1 is 0.976 bits per heavy atom. The topological polar surface area (TPSA) is 86.8 Å². The van der Waals surface area contributed by atoms with Crippen LogP contribution in [0, 0.1) is 5.82 Å². The molecule has 0 aliphatic heterocycles. The first-order valence-electron chi connectivity index (χ1n) is 13.5. The highest BCUT2D eigenvalue weighted by Gasteiger charge is 2.34. The van der Waals surface area contributed by atoms with Gasteiger partial charge in [-0.15, -0.1) is 0 Å². The lowest BCUT2D eigenvalue weighted by Gasteiger charge is -2.34. The molecule has 0 heterocycles. The molecule has 0 aromatic heterocycles. The molecule has 2 amide bonds. The van der Waals surface area contributed by atoms with E-state index in [0.29, 0.717) is 12.0 Å². The summed E-state index contributed by atoms with van der Waals surface area (Å²) in [6.45, 7) is 1.15. The first-order chi connectivity index (χ1) is 19.6. The third-order valence-electron chi connectivity index (χ3n) is 7.10. The molecule has 11 heteroatoms. The van der Waals surface area contributed by atoms with Crippen LogP contribution in [0.3, 0.4) is 0 Å². The number of sulfonamides is 1. The van der Waals surface area contributed by atoms with Crippen LogP contribution in [-0.2, 0) is 26.2 Å². The quantitative estimate of drug-likeness (QED) is 0.277. The van der Waals surface area contributed by atoms with E-state index in [4.69, 9.17) is 23.2 Å². The Labute approximate surface area is 250 Å². The van der Waals surface area contributed by atoms with Crippen LogP contribution < -0.4 is 9.62 Å². The van der Waals surface area contributed by atoms with Gasteiger partial charge in [-0.2, -0.15) is 0 Å². The zero-order valence-electron chi connectivity index (χ0n) is 22.6. The van der Waals surface area contributed by atoms with Gasteiger partial charge < -0.3 is 10.2 Å². The van der Waals surface area contributed by atoms with E-state index >= 15 is 0 Å². The number of hydrogen-bond acceptors (Lipinski definition) is 4. The Hall–Kier alpha value is -3.14. The van der Waals surface area contributed by atoms with Gasteiger partial charge in [0, 0.05) is 22.6 Å². The van der Waals surface area contributed by atoms with Gasteiger partial charge in [-0.3, -0.25) is 13.9 Å². The van der Waals surface area contributed by atoms with Gasteiger partial charge in [0.05, 0.1) is 10.6 Å². The molecule has 0 bridgehead atoms. The Balaban J connectivity index is 1.72. The van der Waals surface area contributed by atoms with Gasteiger partial charge in [0.15, 0.2) is 0 Å². The molecule has 3 aromatic rings. The van der Waals surface area contributed by atoms with E-state index in [1.807, 2.05) is 0 Å². The molecule has 0 spiro atoms. The van der Waals surface area contributed by atoms with Crippen molar-refractivity contribution in [2.45, 2.75) is 62.6 Å². The van der Waals surface area contributed by atoms with Gasteiger partial charge in [-0.1, -0.05) is 73.3 Å². The van der Waals surface area contributed by atoms with Gasteiger partial charge in [0.25, 0.3) is 10.0 Å². The minimum atomic E-state index is -4.25. The van der Waals surface area contributed by atoms with Crippen LogP contribution in [-0.4, -0.2) is 43.8 Å². The normalized spacial score (nSPS) is 14.4. The molecule has 7 nitrogen and oxygen atoms in total. The SMILES string of the molecule is CCC(C(=O)NC1CCCC1)N(Cc1ccc(F)cc1)C(=O)CN(c1cc(Cl)cc(Cl)c1)S(=O)(=O)c1ccccc1. The second kappa shape index (κ2) is 13.7. The lowest BCUT2D eigenvalue weighted by Crippen LogP contribution is -2.53. The summed E-state index contributed by atoms with van der Waals surface area (Å²) in [5.41, 5.74) is 0.694. The molecular formula is C30H32Cl2FN3O4S. The number of carbonyl (C=O) groups is 2. The van der Waals surface area contributed by atoms with E-state index in [0.717, 1.165) is 30.0 Å². The number of hydrogen-bond donors (Lipinski definition) is 1. The fraction of sp³-hybridized carbons (Fsp3) is 0.333. The maximum absolute atomic E-state index is 14.1. The predicted molar refractivity (Wildman–Crippen MR) is 159 cm³/mol. The number of nitrogens with zero attached hydrogens (tertiary/aromatic N) is 2. The number of carbonyl (C=O) groups excluding carboxylic acids is 2. The molecule has 1 N–H and O–H groups in total. The maximum Gasteiger partial charge on any atom is 0.264 e. The van der Waals surface area contributed by atoms with Gasteiger partial charge in [-0.05, 0) is 67.3 Å². The lowest BCUT2D eigenvalue weighted by molar-refractivity contribution is -0.140. The largest absolute Gasteiger partial charge is 0.352 e. The van der Waals surface area contributed by atoms with Crippen LogP contribution in [0.25, 0.3) is 0 Å². The van der Waals surface area contributed by atoms with Crippen LogP contribution in [0.2, 0.25) is 10.0 Å². The molecule has 0 radical (unpaired) electrons. The third kappa shape index (κ3) is 7.78. The summed E-state index contributed by atoms with van der Waals surface area (Å²) in [7, 11) is -4.25. The van der Waals surface area contributed by atoms with E-state index < -0.39 is 34.3 Å². The van der Waals surface area contributed by atoms with Crippen molar-refractivity contribution in [3.05, 3.63) is 94.2 Å². The highest BCUT2D eigenvalue weighted by Crippen LogP contribution is 2.30. The second-order valence-corrected chi connectivity index (χ2v) is 12.7. The Kier molecular flexibility index (Phi) is 10.3. The Morgan fingerprint density at radius 3 is 2.17 bits per heavy atom. The van der Waals surface area contributed by atoms with Crippen molar-refractivity contribution >= 4 is 50.7 Å². The first-order valence-corrected chi connectivity index (χ1v) is 15.7. The molecule has 1 aliphatic carbocycles. The second-order valence-electron chi connectivity index (χ2n) is 10.0. The lowest BCUT2D eigenvalue weighted by atomic mass is 10.1. The molecule has 41 heavy (non-hydrogen) atoms. The van der Waals surface area contributed by atoms with Gasteiger partial charge in [0.1, 0.15) is 18.4 Å². The van der Waals surface area contributed by atoms with Crippen molar-refractivity contribution in [2.24, 2.45) is 0 Å². The highest BCUT2D eigenvalue weighted by atomic mass is 35.5. The summed E-state index contributed by atoms with van der Waals surface area (Å²) < 4.78 is 42.3. The number of nitrogens with one attached hydrogen (secondary N) is 1. The summed E-state index contributed by atoms with van der Waals surface area (Å²) >= 11 is 12.4. The predicted octanol–water partition coefficient (Wildman–Crippen LogP) is 6.19. The summed E-state index contributed by atoms with van der Waals surface area (Å²) in [5.74, 6) is -1.35. The number of anilines is 1. The average Bonchev–Trinajstić information content (AvgIpc) is 3.45. The third-order valence-corrected chi connectivity index (χ3v) is 9.32. The smallest absolute Gasteiger partial charge is 0.264 e. The van der Waals surface area contributed by atoms with Gasteiger partial charge >= 0.3 is 0 Å². The minimum Gasteiger partial charge on any atom is -0.352 e. The zero-order valence-corrected chi connectivity index (χ0v) is 24.9. The monoisotopic (exact) mass is 619 g/mol.